The largest absolute Gasteiger partial charge is 0.493 e. The van der Waals surface area contributed by atoms with E-state index in [9.17, 15) is 9.59 Å². The molecule has 0 aliphatic carbocycles. The van der Waals surface area contributed by atoms with Crippen LogP contribution in [0.4, 0.5) is 5.69 Å². The van der Waals surface area contributed by atoms with Gasteiger partial charge in [-0.3, -0.25) is 14.6 Å². The topological polar surface area (TPSA) is 89.6 Å². The number of benzene rings is 2. The summed E-state index contributed by atoms with van der Waals surface area (Å²) in [4.78, 5) is 28.5. The van der Waals surface area contributed by atoms with Gasteiger partial charge in [-0.25, -0.2) is 0 Å². The van der Waals surface area contributed by atoms with Crippen molar-refractivity contribution in [1.82, 2.24) is 10.3 Å². The molecule has 2 N–H and O–H groups in total. The number of hydrogen-bond acceptors (Lipinski definition) is 5. The number of hydrogen-bond donors (Lipinski definition) is 2. The Morgan fingerprint density at radius 2 is 1.88 bits per heavy atom. The van der Waals surface area contributed by atoms with Crippen molar-refractivity contribution in [2.45, 2.75) is 26.3 Å². The van der Waals surface area contributed by atoms with Crippen molar-refractivity contribution in [3.63, 3.8) is 0 Å². The quantitative estimate of drug-likeness (QED) is 0.505. The molecule has 0 atom stereocenters. The lowest BCUT2D eigenvalue weighted by molar-refractivity contribution is -0.116. The minimum Gasteiger partial charge on any atom is -0.493 e. The van der Waals surface area contributed by atoms with E-state index in [1.54, 1.807) is 25.4 Å². The molecule has 3 rings (SSSR count). The molecule has 0 bridgehead atoms. The number of amides is 2. The van der Waals surface area contributed by atoms with Crippen molar-refractivity contribution in [3.8, 4) is 11.5 Å². The van der Waals surface area contributed by atoms with Crippen LogP contribution in [0, 0.1) is 0 Å². The maximum Gasteiger partial charge on any atom is 0.253 e. The Hall–Kier alpha value is -3.87. The number of carbonyl (C=O) groups excluding carboxylic acids is 2. The zero-order valence-corrected chi connectivity index (χ0v) is 18.3. The van der Waals surface area contributed by atoms with Gasteiger partial charge in [-0.15, -0.1) is 0 Å². The molecule has 2 amide bonds. The first kappa shape index (κ1) is 22.8. The summed E-state index contributed by atoms with van der Waals surface area (Å²) in [6, 6.07) is 16.5. The van der Waals surface area contributed by atoms with Gasteiger partial charge in [-0.1, -0.05) is 18.2 Å². The molecule has 0 aliphatic heterocycles. The van der Waals surface area contributed by atoms with Gasteiger partial charge in [0.1, 0.15) is 0 Å². The van der Waals surface area contributed by atoms with E-state index >= 15 is 0 Å². The predicted molar refractivity (Wildman–Crippen MR) is 123 cm³/mol. The zero-order chi connectivity index (χ0) is 22.8. The summed E-state index contributed by atoms with van der Waals surface area (Å²) in [5.74, 6) is 1.06. The number of rotatable bonds is 10. The number of aromatic nitrogens is 1. The Kier molecular flexibility index (Phi) is 8.20. The first-order valence-electron chi connectivity index (χ1n) is 10.5. The normalized spacial score (nSPS) is 10.3. The molecule has 3 aromatic rings. The monoisotopic (exact) mass is 433 g/mol. The van der Waals surface area contributed by atoms with E-state index in [0.717, 1.165) is 11.1 Å². The van der Waals surface area contributed by atoms with Crippen molar-refractivity contribution in [2.24, 2.45) is 0 Å². The molecule has 0 aliphatic rings. The number of nitrogens with zero attached hydrogens (tertiary/aromatic N) is 1. The highest BCUT2D eigenvalue weighted by Crippen LogP contribution is 2.28. The van der Waals surface area contributed by atoms with Gasteiger partial charge < -0.3 is 20.1 Å². The summed E-state index contributed by atoms with van der Waals surface area (Å²) in [6.07, 6.45) is 4.05. The summed E-state index contributed by atoms with van der Waals surface area (Å²) in [7, 11) is 1.60. The van der Waals surface area contributed by atoms with Gasteiger partial charge in [0.2, 0.25) is 5.91 Å². The van der Waals surface area contributed by atoms with Crippen LogP contribution in [-0.4, -0.2) is 30.5 Å². The van der Waals surface area contributed by atoms with Gasteiger partial charge in [0.05, 0.1) is 19.3 Å². The second kappa shape index (κ2) is 11.5. The molecule has 0 saturated carbocycles. The van der Waals surface area contributed by atoms with Gasteiger partial charge >= 0.3 is 0 Å². The van der Waals surface area contributed by atoms with E-state index in [1.165, 1.54) is 6.20 Å². The summed E-state index contributed by atoms with van der Waals surface area (Å²) >= 11 is 0. The van der Waals surface area contributed by atoms with Gasteiger partial charge in [-0.05, 0) is 60.9 Å². The van der Waals surface area contributed by atoms with Crippen molar-refractivity contribution in [2.75, 3.05) is 19.0 Å². The van der Waals surface area contributed by atoms with E-state index < -0.39 is 0 Å². The van der Waals surface area contributed by atoms with Crippen LogP contribution in [0.2, 0.25) is 0 Å². The highest BCUT2D eigenvalue weighted by molar-refractivity contribution is 5.94. The zero-order valence-electron chi connectivity index (χ0n) is 18.3. The lowest BCUT2D eigenvalue weighted by atomic mass is 10.1. The van der Waals surface area contributed by atoms with Crippen LogP contribution in [-0.2, 0) is 17.8 Å². The first-order chi connectivity index (χ1) is 15.6. The van der Waals surface area contributed by atoms with Crippen molar-refractivity contribution in [3.05, 3.63) is 83.7 Å². The van der Waals surface area contributed by atoms with E-state index in [2.05, 4.69) is 15.6 Å². The Morgan fingerprint density at radius 1 is 1.00 bits per heavy atom. The Morgan fingerprint density at radius 3 is 2.62 bits per heavy atom. The third kappa shape index (κ3) is 6.57. The number of methoxy groups -OCH3 is 1. The Labute approximate surface area is 187 Å². The molecule has 2 aromatic carbocycles. The van der Waals surface area contributed by atoms with Gasteiger partial charge in [0.25, 0.3) is 5.91 Å². The average Bonchev–Trinajstić information content (AvgIpc) is 2.83. The molecule has 1 heterocycles. The molecular formula is C25H27N3O4. The molecular weight excluding hydrogens is 406 g/mol. The summed E-state index contributed by atoms with van der Waals surface area (Å²) in [5, 5.41) is 5.77. The lowest BCUT2D eigenvalue weighted by Crippen LogP contribution is -2.23. The summed E-state index contributed by atoms with van der Waals surface area (Å²) < 4.78 is 10.9. The Balaban J connectivity index is 1.51. The smallest absolute Gasteiger partial charge is 0.253 e. The second-order valence-corrected chi connectivity index (χ2v) is 7.09. The molecule has 0 radical (unpaired) electrons. The molecule has 166 valence electrons. The van der Waals surface area contributed by atoms with E-state index in [-0.39, 0.29) is 11.8 Å². The molecule has 0 unspecified atom stereocenters. The fourth-order valence-electron chi connectivity index (χ4n) is 3.16. The van der Waals surface area contributed by atoms with E-state index in [1.807, 2.05) is 49.4 Å². The SMILES string of the molecule is CCOc1ccc(CCC(=O)Nc2cccc(CNC(=O)c3cccnc3)c2)cc1OC. The van der Waals surface area contributed by atoms with E-state index in [0.29, 0.717) is 48.7 Å². The second-order valence-electron chi connectivity index (χ2n) is 7.09. The molecule has 0 fully saturated rings. The maximum absolute atomic E-state index is 12.4. The fraction of sp³-hybridized carbons (Fsp3) is 0.240. The predicted octanol–water partition coefficient (Wildman–Crippen LogP) is 3.99. The molecule has 1 aromatic heterocycles. The Bertz CT molecular complexity index is 1050. The number of carbonyl (C=O) groups is 2. The van der Waals surface area contributed by atoms with Crippen LogP contribution in [0.3, 0.4) is 0 Å². The maximum atomic E-state index is 12.4. The number of nitrogens with one attached hydrogen (secondary N) is 2. The minimum absolute atomic E-state index is 0.0885. The molecule has 32 heavy (non-hydrogen) atoms. The van der Waals surface area contributed by atoms with Gasteiger partial charge in [0, 0.05) is 31.0 Å². The van der Waals surface area contributed by atoms with E-state index in [4.69, 9.17) is 9.47 Å². The average molecular weight is 434 g/mol. The molecule has 0 saturated heterocycles. The van der Waals surface area contributed by atoms with Crippen LogP contribution < -0.4 is 20.1 Å². The number of aryl methyl sites for hydroxylation is 1. The molecule has 7 nitrogen and oxygen atoms in total. The van der Waals surface area contributed by atoms with Gasteiger partial charge in [-0.2, -0.15) is 0 Å². The lowest BCUT2D eigenvalue weighted by Gasteiger charge is -2.11. The van der Waals surface area contributed by atoms with Gasteiger partial charge in [0.15, 0.2) is 11.5 Å². The van der Waals surface area contributed by atoms with Crippen LogP contribution in [0.15, 0.2) is 67.0 Å². The van der Waals surface area contributed by atoms with Crippen LogP contribution in [0.25, 0.3) is 0 Å². The van der Waals surface area contributed by atoms with Crippen molar-refractivity contribution < 1.29 is 19.1 Å². The summed E-state index contributed by atoms with van der Waals surface area (Å²) in [5.41, 5.74) is 3.07. The third-order valence-electron chi connectivity index (χ3n) is 4.76. The summed E-state index contributed by atoms with van der Waals surface area (Å²) in [6.45, 7) is 2.83. The highest BCUT2D eigenvalue weighted by Gasteiger charge is 2.09. The third-order valence-corrected chi connectivity index (χ3v) is 4.76. The number of pyridine rings is 1. The standard InChI is InChI=1S/C25H27N3O4/c1-3-32-22-11-9-18(15-23(22)31-2)10-12-24(29)28-21-8-4-6-19(14-21)16-27-25(30)20-7-5-13-26-17-20/h4-9,11,13-15,17H,3,10,12,16H2,1-2H3,(H,27,30)(H,28,29). The van der Waals surface area contributed by atoms with Crippen molar-refractivity contribution in [1.29, 1.82) is 0 Å². The molecule has 0 spiro atoms. The molecule has 7 heteroatoms. The fourth-order valence-corrected chi connectivity index (χ4v) is 3.16. The van der Waals surface area contributed by atoms with Crippen LogP contribution in [0.1, 0.15) is 34.8 Å². The minimum atomic E-state index is -0.196. The van der Waals surface area contributed by atoms with Crippen molar-refractivity contribution >= 4 is 17.5 Å². The van der Waals surface area contributed by atoms with Crippen LogP contribution >= 0.6 is 0 Å². The first-order valence-corrected chi connectivity index (χ1v) is 10.5. The highest BCUT2D eigenvalue weighted by atomic mass is 16.5. The van der Waals surface area contributed by atoms with Crippen LogP contribution in [0.5, 0.6) is 11.5 Å². The number of ether oxygens (including phenoxy) is 2. The number of anilines is 1.